The molecule has 35 heavy (non-hydrogen) atoms. The molecule has 0 saturated heterocycles. The van der Waals surface area contributed by atoms with Gasteiger partial charge in [0.25, 0.3) is 0 Å². The van der Waals surface area contributed by atoms with E-state index in [0.29, 0.717) is 21.7 Å². The molecule has 0 aliphatic heterocycles. The zero-order valence-corrected chi connectivity index (χ0v) is 20.9. The lowest BCUT2D eigenvalue weighted by Crippen LogP contribution is -2.20. The van der Waals surface area contributed by atoms with Crippen molar-refractivity contribution in [1.82, 2.24) is 5.48 Å². The highest BCUT2D eigenvalue weighted by molar-refractivity contribution is 6.30. The van der Waals surface area contributed by atoms with Gasteiger partial charge < -0.3 is 9.84 Å². The number of hydrogen-bond donors (Lipinski definition) is 2. The lowest BCUT2D eigenvalue weighted by molar-refractivity contribution is -0.139. The van der Waals surface area contributed by atoms with Crippen molar-refractivity contribution in [3.63, 3.8) is 0 Å². The summed E-state index contributed by atoms with van der Waals surface area (Å²) in [4.78, 5) is 17.0. The monoisotopic (exact) mass is 511 g/mol. The molecule has 1 aliphatic rings. The Balaban J connectivity index is 1.44. The third-order valence-electron chi connectivity index (χ3n) is 6.00. The van der Waals surface area contributed by atoms with Gasteiger partial charge in [0.1, 0.15) is 11.9 Å². The van der Waals surface area contributed by atoms with Gasteiger partial charge in [-0.1, -0.05) is 65.7 Å². The van der Waals surface area contributed by atoms with Crippen LogP contribution < -0.4 is 10.2 Å². The molecule has 2 N–H and O–H groups in total. The van der Waals surface area contributed by atoms with Crippen molar-refractivity contribution in [3.05, 3.63) is 111 Å². The molecule has 1 unspecified atom stereocenters. The number of carboxylic acid groups (broad SMARTS) is 1. The van der Waals surface area contributed by atoms with Crippen molar-refractivity contribution in [1.29, 1.82) is 0 Å². The molecule has 1 aliphatic carbocycles. The zero-order valence-electron chi connectivity index (χ0n) is 19.3. The molecule has 5 nitrogen and oxygen atoms in total. The number of rotatable bonds is 9. The summed E-state index contributed by atoms with van der Waals surface area (Å²) in [5.74, 6) is 0.0218. The van der Waals surface area contributed by atoms with Crippen LogP contribution >= 0.6 is 23.2 Å². The Morgan fingerprint density at radius 2 is 1.69 bits per heavy atom. The van der Waals surface area contributed by atoms with E-state index in [1.54, 1.807) is 0 Å². The molecule has 3 aromatic rings. The van der Waals surface area contributed by atoms with Crippen molar-refractivity contribution >= 4 is 29.2 Å². The van der Waals surface area contributed by atoms with Crippen LogP contribution in [0.1, 0.15) is 41.7 Å². The summed E-state index contributed by atoms with van der Waals surface area (Å²) < 4.78 is 5.48. The van der Waals surface area contributed by atoms with Crippen molar-refractivity contribution in [3.8, 4) is 5.75 Å². The minimum atomic E-state index is -0.976. The number of hydrogen-bond acceptors (Lipinski definition) is 4. The summed E-state index contributed by atoms with van der Waals surface area (Å²) >= 11 is 12.2. The van der Waals surface area contributed by atoms with Crippen molar-refractivity contribution in [2.75, 3.05) is 6.61 Å². The minimum Gasteiger partial charge on any atom is -0.482 e. The van der Waals surface area contributed by atoms with E-state index in [2.05, 4.69) is 17.6 Å². The van der Waals surface area contributed by atoms with Gasteiger partial charge >= 0.3 is 5.97 Å². The molecule has 0 aromatic heterocycles. The number of fused-ring (bicyclic) bond motifs is 1. The van der Waals surface area contributed by atoms with Crippen LogP contribution in [0.2, 0.25) is 10.0 Å². The van der Waals surface area contributed by atoms with Gasteiger partial charge in [0, 0.05) is 15.7 Å². The molecular weight excluding hydrogens is 485 g/mol. The lowest BCUT2D eigenvalue weighted by atomic mass is 9.83. The first kappa shape index (κ1) is 25.1. The molecule has 7 heteroatoms. The predicted octanol–water partition coefficient (Wildman–Crippen LogP) is 6.78. The van der Waals surface area contributed by atoms with Crippen LogP contribution in [0.4, 0.5) is 0 Å². The maximum atomic E-state index is 10.9. The molecule has 3 aromatic carbocycles. The molecule has 4 rings (SSSR count). The molecular formula is C28H27Cl2NO4. The molecule has 0 radical (unpaired) electrons. The van der Waals surface area contributed by atoms with Gasteiger partial charge in [0.05, 0.1) is 0 Å². The molecule has 0 saturated carbocycles. The maximum absolute atomic E-state index is 10.9. The molecule has 0 amide bonds. The average molecular weight is 512 g/mol. The van der Waals surface area contributed by atoms with Crippen LogP contribution in [0.15, 0.2) is 78.5 Å². The van der Waals surface area contributed by atoms with Gasteiger partial charge in [0.15, 0.2) is 6.61 Å². The Labute approximate surface area is 215 Å². The first-order valence-corrected chi connectivity index (χ1v) is 12.2. The van der Waals surface area contributed by atoms with E-state index in [1.807, 2.05) is 67.6 Å². The topological polar surface area (TPSA) is 67.8 Å². The first-order chi connectivity index (χ1) is 16.9. The van der Waals surface area contributed by atoms with Crippen LogP contribution in [0.5, 0.6) is 5.75 Å². The number of carboxylic acids is 1. The fourth-order valence-corrected chi connectivity index (χ4v) is 4.61. The fraction of sp³-hybridized carbons (Fsp3) is 0.250. The van der Waals surface area contributed by atoms with Gasteiger partial charge in [-0.25, -0.2) is 4.79 Å². The van der Waals surface area contributed by atoms with Gasteiger partial charge in [-0.15, -0.1) is 0 Å². The van der Waals surface area contributed by atoms with E-state index in [1.165, 1.54) is 5.56 Å². The van der Waals surface area contributed by atoms with E-state index in [4.69, 9.17) is 37.9 Å². The Bertz CT molecular complexity index is 1150. The number of allylic oxidation sites excluding steroid dienone is 2. The van der Waals surface area contributed by atoms with Gasteiger partial charge in [-0.2, -0.15) is 0 Å². The van der Waals surface area contributed by atoms with Crippen LogP contribution in [0.3, 0.4) is 0 Å². The molecule has 182 valence electrons. The third-order valence-corrected chi connectivity index (χ3v) is 6.50. The number of ether oxygens (including phenoxy) is 1. The third kappa shape index (κ3) is 6.79. The Morgan fingerprint density at radius 1 is 1.06 bits per heavy atom. The molecule has 1 atom stereocenters. The second kappa shape index (κ2) is 11.6. The second-order valence-corrected chi connectivity index (χ2v) is 9.50. The van der Waals surface area contributed by atoms with Crippen LogP contribution in [0.25, 0.3) is 0 Å². The van der Waals surface area contributed by atoms with Gasteiger partial charge in [-0.05, 0) is 84.7 Å². The van der Waals surface area contributed by atoms with Crippen molar-refractivity contribution in [2.24, 2.45) is 5.92 Å². The van der Waals surface area contributed by atoms with Crippen molar-refractivity contribution < 1.29 is 19.5 Å². The maximum Gasteiger partial charge on any atom is 0.341 e. The highest BCUT2D eigenvalue weighted by Crippen LogP contribution is 2.33. The number of aliphatic carboxylic acids is 1. The van der Waals surface area contributed by atoms with Crippen LogP contribution in [-0.2, 0) is 22.5 Å². The summed E-state index contributed by atoms with van der Waals surface area (Å²) in [6.45, 7) is 1.66. The fourth-order valence-electron chi connectivity index (χ4n) is 4.36. The highest BCUT2D eigenvalue weighted by Gasteiger charge is 2.21. The second-order valence-electron chi connectivity index (χ2n) is 8.63. The summed E-state index contributed by atoms with van der Waals surface area (Å²) in [7, 11) is 0. The summed E-state index contributed by atoms with van der Waals surface area (Å²) in [6, 6.07) is 21.0. The van der Waals surface area contributed by atoms with Gasteiger partial charge in [0.2, 0.25) is 0 Å². The average Bonchev–Trinajstić information content (AvgIpc) is 2.84. The quantitative estimate of drug-likeness (QED) is 0.310. The van der Waals surface area contributed by atoms with Gasteiger partial charge in [-0.3, -0.25) is 10.3 Å². The lowest BCUT2D eigenvalue weighted by Gasteiger charge is -2.25. The molecule has 0 heterocycles. The molecule has 0 spiro atoms. The number of benzene rings is 3. The normalized spacial score (nSPS) is 15.5. The summed E-state index contributed by atoms with van der Waals surface area (Å²) in [5, 5.41) is 10.3. The molecule has 0 fully saturated rings. The highest BCUT2D eigenvalue weighted by atomic mass is 35.5. The van der Waals surface area contributed by atoms with E-state index < -0.39 is 5.97 Å². The summed E-state index contributed by atoms with van der Waals surface area (Å²) in [6.07, 6.45) is 4.48. The van der Waals surface area contributed by atoms with Crippen LogP contribution in [0, 0.1) is 5.92 Å². The Morgan fingerprint density at radius 3 is 2.29 bits per heavy atom. The number of nitrogens with one attached hydrogen (secondary N) is 1. The zero-order chi connectivity index (χ0) is 24.8. The number of carbonyl (C=O) groups is 1. The Kier molecular flexibility index (Phi) is 8.34. The van der Waals surface area contributed by atoms with Crippen LogP contribution in [-0.4, -0.2) is 17.7 Å². The minimum absolute atomic E-state index is 0.331. The largest absolute Gasteiger partial charge is 0.482 e. The van der Waals surface area contributed by atoms with E-state index >= 15 is 0 Å². The van der Waals surface area contributed by atoms with Crippen molar-refractivity contribution in [2.45, 2.75) is 32.3 Å². The van der Waals surface area contributed by atoms with E-state index in [-0.39, 0.29) is 12.7 Å². The number of hydroxylamine groups is 1. The summed E-state index contributed by atoms with van der Waals surface area (Å²) in [5.41, 5.74) is 8.28. The standard InChI is InChI=1S/C28H27Cl2NO4/c1-18(15-19-5-14-25-22(16-19)3-2-4-26(25)34-17-27(32)33)31-35-28(20-6-10-23(29)11-7-20)21-8-12-24(30)13-9-21/h2-4,6-13,15,19,28,31H,5,14,16-17H2,1H3,(H,32,33). The van der Waals surface area contributed by atoms with E-state index in [0.717, 1.165) is 41.6 Å². The predicted molar refractivity (Wildman–Crippen MR) is 138 cm³/mol. The van der Waals surface area contributed by atoms with E-state index in [9.17, 15) is 4.79 Å². The smallest absolute Gasteiger partial charge is 0.341 e. The SMILES string of the molecule is CC(=CC1CCc2c(cccc2OCC(=O)O)C1)NOC(c1ccc(Cl)cc1)c1ccc(Cl)cc1. The first-order valence-electron chi connectivity index (χ1n) is 11.5. The molecule has 0 bridgehead atoms. The Hall–Kier alpha value is -2.99. The number of halogens is 2.